The number of rotatable bonds is 4. The number of amides is 1. The largest absolute Gasteiger partial charge is 0.338 e. The minimum Gasteiger partial charge on any atom is -0.338 e. The topological polar surface area (TPSA) is 92.5 Å². The van der Waals surface area contributed by atoms with Crippen LogP contribution in [0.15, 0.2) is 24.3 Å². The SMILES string of the molecule is CCS(=O)(=O)Nc1ccccc1C(=O)N1CCC(N)C(C)(C)C1.Cl. The molecular formula is C16H26ClN3O3S. The fourth-order valence-electron chi connectivity index (χ4n) is 2.72. The number of carbonyl (C=O) groups is 1. The second-order valence-electron chi connectivity index (χ2n) is 6.66. The first-order valence-electron chi connectivity index (χ1n) is 7.80. The van der Waals surface area contributed by atoms with Crippen LogP contribution in [0.3, 0.4) is 0 Å². The number of benzene rings is 1. The second kappa shape index (κ2) is 7.72. The molecule has 1 amide bonds. The van der Waals surface area contributed by atoms with Gasteiger partial charge in [-0.25, -0.2) is 8.42 Å². The monoisotopic (exact) mass is 375 g/mol. The van der Waals surface area contributed by atoms with Crippen molar-refractivity contribution in [3.8, 4) is 0 Å². The molecule has 3 N–H and O–H groups in total. The Kier molecular flexibility index (Phi) is 6.67. The number of nitrogens with one attached hydrogen (secondary N) is 1. The van der Waals surface area contributed by atoms with Gasteiger partial charge in [0.2, 0.25) is 10.0 Å². The van der Waals surface area contributed by atoms with Crippen LogP contribution < -0.4 is 10.5 Å². The summed E-state index contributed by atoms with van der Waals surface area (Å²) in [4.78, 5) is 14.6. The highest BCUT2D eigenvalue weighted by Gasteiger charge is 2.36. The van der Waals surface area contributed by atoms with Gasteiger partial charge in [-0.15, -0.1) is 12.4 Å². The van der Waals surface area contributed by atoms with Crippen molar-refractivity contribution < 1.29 is 13.2 Å². The number of piperidine rings is 1. The van der Waals surface area contributed by atoms with Gasteiger partial charge in [0, 0.05) is 19.1 Å². The van der Waals surface area contributed by atoms with Crippen molar-refractivity contribution in [2.75, 3.05) is 23.6 Å². The summed E-state index contributed by atoms with van der Waals surface area (Å²) in [5, 5.41) is 0. The third-order valence-electron chi connectivity index (χ3n) is 4.40. The molecule has 24 heavy (non-hydrogen) atoms. The number of nitrogens with zero attached hydrogens (tertiary/aromatic N) is 1. The van der Waals surface area contributed by atoms with Crippen LogP contribution in [-0.2, 0) is 10.0 Å². The summed E-state index contributed by atoms with van der Waals surface area (Å²) >= 11 is 0. The zero-order valence-electron chi connectivity index (χ0n) is 14.3. The van der Waals surface area contributed by atoms with E-state index in [0.29, 0.717) is 24.3 Å². The number of sulfonamides is 1. The lowest BCUT2D eigenvalue weighted by Crippen LogP contribution is -2.54. The summed E-state index contributed by atoms with van der Waals surface area (Å²) in [6.45, 7) is 6.78. The van der Waals surface area contributed by atoms with Crippen LogP contribution in [0.25, 0.3) is 0 Å². The maximum atomic E-state index is 12.8. The average molecular weight is 376 g/mol. The highest BCUT2D eigenvalue weighted by Crippen LogP contribution is 2.29. The Morgan fingerprint density at radius 1 is 1.38 bits per heavy atom. The maximum Gasteiger partial charge on any atom is 0.256 e. The number of nitrogens with two attached hydrogens (primary N) is 1. The maximum absolute atomic E-state index is 12.8. The van der Waals surface area contributed by atoms with Crippen LogP contribution in [0.5, 0.6) is 0 Å². The summed E-state index contributed by atoms with van der Waals surface area (Å²) in [6.07, 6.45) is 0.738. The first kappa shape index (κ1) is 20.7. The first-order chi connectivity index (χ1) is 10.7. The number of anilines is 1. The van der Waals surface area contributed by atoms with Gasteiger partial charge >= 0.3 is 0 Å². The fraction of sp³-hybridized carbons (Fsp3) is 0.562. The summed E-state index contributed by atoms with van der Waals surface area (Å²) < 4.78 is 26.1. The quantitative estimate of drug-likeness (QED) is 0.842. The lowest BCUT2D eigenvalue weighted by molar-refractivity contribution is 0.0534. The molecule has 1 aliphatic rings. The van der Waals surface area contributed by atoms with Crippen molar-refractivity contribution >= 4 is 34.0 Å². The van der Waals surface area contributed by atoms with Gasteiger partial charge in [0.1, 0.15) is 0 Å². The van der Waals surface area contributed by atoms with Crippen LogP contribution in [0.2, 0.25) is 0 Å². The molecule has 6 nitrogen and oxygen atoms in total. The molecule has 2 rings (SSSR count). The molecule has 1 aromatic carbocycles. The highest BCUT2D eigenvalue weighted by molar-refractivity contribution is 7.92. The van der Waals surface area contributed by atoms with Crippen molar-refractivity contribution in [1.82, 2.24) is 4.90 Å². The molecule has 0 spiro atoms. The van der Waals surface area contributed by atoms with Gasteiger partial charge in [-0.05, 0) is 30.9 Å². The van der Waals surface area contributed by atoms with Gasteiger partial charge in [0.15, 0.2) is 0 Å². The lowest BCUT2D eigenvalue weighted by atomic mass is 9.79. The van der Waals surface area contributed by atoms with Gasteiger partial charge in [-0.2, -0.15) is 0 Å². The Balaban J connectivity index is 0.00000288. The van der Waals surface area contributed by atoms with Gasteiger partial charge in [0.25, 0.3) is 5.91 Å². The van der Waals surface area contributed by atoms with Crippen LogP contribution >= 0.6 is 12.4 Å². The number of likely N-dealkylation sites (tertiary alicyclic amines) is 1. The number of hydrogen-bond donors (Lipinski definition) is 2. The molecule has 1 saturated heterocycles. The molecule has 0 aliphatic carbocycles. The summed E-state index contributed by atoms with van der Waals surface area (Å²) in [5.41, 5.74) is 6.65. The average Bonchev–Trinajstić information content (AvgIpc) is 2.49. The molecule has 1 unspecified atom stereocenters. The normalized spacial score (nSPS) is 20.2. The van der Waals surface area contributed by atoms with Crippen molar-refractivity contribution in [1.29, 1.82) is 0 Å². The molecule has 1 fully saturated rings. The van der Waals surface area contributed by atoms with E-state index in [0.717, 1.165) is 6.42 Å². The van der Waals surface area contributed by atoms with Crippen LogP contribution in [-0.4, -0.2) is 44.1 Å². The molecule has 0 aromatic heterocycles. The highest BCUT2D eigenvalue weighted by atomic mass is 35.5. The molecule has 8 heteroatoms. The zero-order chi connectivity index (χ0) is 17.3. The number of carbonyl (C=O) groups excluding carboxylic acids is 1. The van der Waals surface area contributed by atoms with E-state index in [1.54, 1.807) is 36.1 Å². The lowest BCUT2D eigenvalue weighted by Gasteiger charge is -2.42. The summed E-state index contributed by atoms with van der Waals surface area (Å²) in [6, 6.07) is 6.76. The molecule has 136 valence electrons. The Labute approximate surface area is 150 Å². The molecule has 1 aliphatic heterocycles. The Morgan fingerprint density at radius 2 is 2.00 bits per heavy atom. The summed E-state index contributed by atoms with van der Waals surface area (Å²) in [5.74, 6) is -0.208. The van der Waals surface area contributed by atoms with Crippen molar-refractivity contribution in [3.05, 3.63) is 29.8 Å². The molecule has 1 atom stereocenters. The van der Waals surface area contributed by atoms with Crippen LogP contribution in [0.1, 0.15) is 37.6 Å². The summed E-state index contributed by atoms with van der Waals surface area (Å²) in [7, 11) is -3.43. The minimum atomic E-state index is -3.43. The Morgan fingerprint density at radius 3 is 2.58 bits per heavy atom. The van der Waals surface area contributed by atoms with Gasteiger partial charge in [-0.3, -0.25) is 9.52 Å². The molecular weight excluding hydrogens is 350 g/mol. The minimum absolute atomic E-state index is 0. The molecule has 0 bridgehead atoms. The van der Waals surface area contributed by atoms with E-state index in [-0.39, 0.29) is 35.5 Å². The zero-order valence-corrected chi connectivity index (χ0v) is 15.9. The molecule has 1 heterocycles. The van der Waals surface area contributed by atoms with Crippen molar-refractivity contribution in [3.63, 3.8) is 0 Å². The Hall–Kier alpha value is -1.31. The van der Waals surface area contributed by atoms with Gasteiger partial charge in [0.05, 0.1) is 17.0 Å². The van der Waals surface area contributed by atoms with Crippen LogP contribution in [0, 0.1) is 5.41 Å². The number of halogens is 1. The number of para-hydroxylation sites is 1. The standard InChI is InChI=1S/C16H25N3O3S.ClH/c1-4-23(21,22)18-13-8-6-5-7-12(13)15(20)19-10-9-14(17)16(2,3)11-19;/h5-8,14,18H,4,9-11,17H2,1-3H3;1H. The van der Waals surface area contributed by atoms with Crippen LogP contribution in [0.4, 0.5) is 5.69 Å². The van der Waals surface area contributed by atoms with Crippen molar-refractivity contribution in [2.45, 2.75) is 33.2 Å². The second-order valence-corrected chi connectivity index (χ2v) is 8.67. The Bertz CT molecular complexity index is 692. The molecule has 0 radical (unpaired) electrons. The molecule has 1 aromatic rings. The first-order valence-corrected chi connectivity index (χ1v) is 9.46. The predicted octanol–water partition coefficient (Wildman–Crippen LogP) is 2.07. The van der Waals surface area contributed by atoms with E-state index < -0.39 is 10.0 Å². The number of hydrogen-bond acceptors (Lipinski definition) is 4. The van der Waals surface area contributed by atoms with E-state index in [2.05, 4.69) is 4.72 Å². The third kappa shape index (κ3) is 4.62. The van der Waals surface area contributed by atoms with Crippen molar-refractivity contribution in [2.24, 2.45) is 11.1 Å². The van der Waals surface area contributed by atoms with E-state index >= 15 is 0 Å². The third-order valence-corrected chi connectivity index (χ3v) is 5.69. The van der Waals surface area contributed by atoms with Gasteiger partial charge in [-0.1, -0.05) is 26.0 Å². The van der Waals surface area contributed by atoms with E-state index in [4.69, 9.17) is 5.73 Å². The van der Waals surface area contributed by atoms with E-state index in [1.807, 2.05) is 13.8 Å². The smallest absolute Gasteiger partial charge is 0.256 e. The van der Waals surface area contributed by atoms with Gasteiger partial charge < -0.3 is 10.6 Å². The fourth-order valence-corrected chi connectivity index (χ4v) is 3.37. The van der Waals surface area contributed by atoms with E-state index in [1.165, 1.54) is 0 Å². The van der Waals surface area contributed by atoms with E-state index in [9.17, 15) is 13.2 Å². The molecule has 0 saturated carbocycles. The predicted molar refractivity (Wildman–Crippen MR) is 99.1 cm³/mol.